The van der Waals surface area contributed by atoms with Crippen LogP contribution in [-0.2, 0) is 19.3 Å². The number of amides is 1. The molecule has 2 fully saturated rings. The highest BCUT2D eigenvalue weighted by atomic mass is 32.2. The third-order valence-electron chi connectivity index (χ3n) is 6.55. The quantitative estimate of drug-likeness (QED) is 0.603. The summed E-state index contributed by atoms with van der Waals surface area (Å²) in [5.41, 5.74) is 0.850. The molecule has 2 unspecified atom stereocenters. The molecule has 0 radical (unpaired) electrons. The number of hydrogen-bond donors (Lipinski definition) is 0. The van der Waals surface area contributed by atoms with E-state index in [4.69, 9.17) is 9.47 Å². The highest BCUT2D eigenvalue weighted by molar-refractivity contribution is 7.91. The van der Waals surface area contributed by atoms with Crippen LogP contribution < -0.4 is 0 Å². The summed E-state index contributed by atoms with van der Waals surface area (Å²) in [7, 11) is -4.69. The Morgan fingerprint density at radius 1 is 1.24 bits per heavy atom. The summed E-state index contributed by atoms with van der Waals surface area (Å²) in [6, 6.07) is 8.54. The zero-order chi connectivity index (χ0) is 24.3. The molecule has 2 aliphatic heterocycles. The number of alkyl halides is 2. The van der Waals surface area contributed by atoms with Gasteiger partial charge in [-0.3, -0.25) is 9.78 Å². The van der Waals surface area contributed by atoms with E-state index in [0.29, 0.717) is 32.5 Å². The van der Waals surface area contributed by atoms with E-state index < -0.39 is 26.1 Å². The van der Waals surface area contributed by atoms with E-state index in [0.717, 1.165) is 30.5 Å². The monoisotopic (exact) mass is 494 g/mol. The van der Waals surface area contributed by atoms with Crippen molar-refractivity contribution in [3.63, 3.8) is 0 Å². The first-order valence-electron chi connectivity index (χ1n) is 11.3. The van der Waals surface area contributed by atoms with Crippen molar-refractivity contribution in [3.05, 3.63) is 59.9 Å². The number of halogens is 2. The van der Waals surface area contributed by atoms with E-state index in [2.05, 4.69) is 4.98 Å². The van der Waals surface area contributed by atoms with Crippen LogP contribution in [0.2, 0.25) is 0 Å². The Hall–Kier alpha value is -2.43. The molecule has 2 saturated heterocycles. The summed E-state index contributed by atoms with van der Waals surface area (Å²) in [5.74, 6) is -3.77. The molecular weight excluding hydrogens is 466 g/mol. The number of carbonyl (C=O) groups excluding carboxylic acids is 1. The van der Waals surface area contributed by atoms with Crippen LogP contribution in [0.3, 0.4) is 0 Å². The van der Waals surface area contributed by atoms with Gasteiger partial charge in [0.15, 0.2) is 0 Å². The molecule has 4 rings (SSSR count). The molecule has 2 aromatic rings. The second-order valence-electron chi connectivity index (χ2n) is 8.72. The summed E-state index contributed by atoms with van der Waals surface area (Å²) < 4.78 is 61.3. The number of pyridine rings is 1. The van der Waals surface area contributed by atoms with Crippen molar-refractivity contribution in [2.45, 2.75) is 61.1 Å². The highest BCUT2D eigenvalue weighted by Crippen LogP contribution is 2.44. The van der Waals surface area contributed by atoms with Gasteiger partial charge in [-0.15, -0.1) is 0 Å². The average Bonchev–Trinajstić information content (AvgIpc) is 2.84. The van der Waals surface area contributed by atoms with Gasteiger partial charge in [-0.1, -0.05) is 6.07 Å². The number of nitrogens with zero attached hydrogens (tertiary/aromatic N) is 2. The molecule has 1 aromatic heterocycles. The van der Waals surface area contributed by atoms with Crippen LogP contribution >= 0.6 is 0 Å². The predicted molar refractivity (Wildman–Crippen MR) is 120 cm³/mol. The standard InChI is InChI=1S/C24H28F2N2O5S/c1-2-32-19-14-21(18-4-3-11-27-16-18)33-24(15-19)9-12-28(13-10-24)22(29)17-5-7-20(8-6-17)34(30,31)23(25)26/h3-8,11,16,19,21,23H,2,9-10,12-15H2,1H3. The van der Waals surface area contributed by atoms with E-state index >= 15 is 0 Å². The van der Waals surface area contributed by atoms with Crippen molar-refractivity contribution in [1.29, 1.82) is 0 Å². The Balaban J connectivity index is 1.44. The van der Waals surface area contributed by atoms with E-state index in [1.165, 1.54) is 12.1 Å². The molecule has 3 heterocycles. The Labute approximate surface area is 198 Å². The molecule has 7 nitrogen and oxygen atoms in total. The van der Waals surface area contributed by atoms with Crippen molar-refractivity contribution < 1.29 is 31.5 Å². The minimum Gasteiger partial charge on any atom is -0.378 e. The summed E-state index contributed by atoms with van der Waals surface area (Å²) in [6.45, 7) is 3.52. The van der Waals surface area contributed by atoms with Crippen LogP contribution in [0.15, 0.2) is 53.7 Å². The molecule has 0 saturated carbocycles. The molecule has 0 aliphatic carbocycles. The van der Waals surface area contributed by atoms with Crippen LogP contribution in [0.25, 0.3) is 0 Å². The predicted octanol–water partition coefficient (Wildman–Crippen LogP) is 4.01. The van der Waals surface area contributed by atoms with Crippen LogP contribution in [0.5, 0.6) is 0 Å². The lowest BCUT2D eigenvalue weighted by molar-refractivity contribution is -0.190. The molecule has 184 valence electrons. The first-order valence-corrected chi connectivity index (χ1v) is 12.9. The van der Waals surface area contributed by atoms with Gasteiger partial charge < -0.3 is 14.4 Å². The van der Waals surface area contributed by atoms with Gasteiger partial charge in [0.2, 0.25) is 9.84 Å². The van der Waals surface area contributed by atoms with Gasteiger partial charge in [-0.2, -0.15) is 8.78 Å². The fourth-order valence-electron chi connectivity index (χ4n) is 4.78. The number of benzene rings is 1. The van der Waals surface area contributed by atoms with Gasteiger partial charge in [0, 0.05) is 50.5 Å². The summed E-state index contributed by atoms with van der Waals surface area (Å²) >= 11 is 0. The summed E-state index contributed by atoms with van der Waals surface area (Å²) in [4.78, 5) is 18.4. The summed E-state index contributed by atoms with van der Waals surface area (Å²) in [5, 5.41) is 0. The maximum atomic E-state index is 13.0. The van der Waals surface area contributed by atoms with Gasteiger partial charge in [0.05, 0.1) is 22.7 Å². The fourth-order valence-corrected chi connectivity index (χ4v) is 5.50. The summed E-state index contributed by atoms with van der Waals surface area (Å²) in [6.07, 6.45) is 6.22. The van der Waals surface area contributed by atoms with Gasteiger partial charge in [-0.05, 0) is 55.7 Å². The molecule has 1 spiro atoms. The molecule has 0 bridgehead atoms. The van der Waals surface area contributed by atoms with Gasteiger partial charge in [-0.25, -0.2) is 8.42 Å². The van der Waals surface area contributed by atoms with Crippen LogP contribution in [-0.4, -0.2) is 61.4 Å². The molecular formula is C24H28F2N2O5S. The largest absolute Gasteiger partial charge is 0.378 e. The Morgan fingerprint density at radius 3 is 2.53 bits per heavy atom. The third-order valence-corrected chi connectivity index (χ3v) is 7.95. The minimum absolute atomic E-state index is 0.0514. The highest BCUT2D eigenvalue weighted by Gasteiger charge is 2.45. The molecule has 1 aromatic carbocycles. The lowest BCUT2D eigenvalue weighted by Gasteiger charge is -2.48. The SMILES string of the molecule is CCOC1CC(c2cccnc2)OC2(CCN(C(=O)c3ccc(S(=O)(=O)C(F)F)cc3)CC2)C1. The van der Waals surface area contributed by atoms with Crippen LogP contribution in [0, 0.1) is 0 Å². The van der Waals surface area contributed by atoms with Crippen molar-refractivity contribution in [2.75, 3.05) is 19.7 Å². The number of likely N-dealkylation sites (tertiary alicyclic amines) is 1. The van der Waals surface area contributed by atoms with E-state index in [1.54, 1.807) is 11.1 Å². The molecule has 1 amide bonds. The number of carbonyl (C=O) groups is 1. The van der Waals surface area contributed by atoms with Crippen molar-refractivity contribution in [2.24, 2.45) is 0 Å². The molecule has 2 aliphatic rings. The Kier molecular flexibility index (Phi) is 7.30. The number of piperidine rings is 1. The van der Waals surface area contributed by atoms with E-state index in [9.17, 15) is 22.0 Å². The topological polar surface area (TPSA) is 85.8 Å². The molecule has 34 heavy (non-hydrogen) atoms. The second-order valence-corrected chi connectivity index (χ2v) is 10.6. The second kappa shape index (κ2) is 10.1. The van der Waals surface area contributed by atoms with Crippen molar-refractivity contribution in [1.82, 2.24) is 9.88 Å². The first-order chi connectivity index (χ1) is 16.2. The van der Waals surface area contributed by atoms with Crippen LogP contribution in [0.4, 0.5) is 8.78 Å². The van der Waals surface area contributed by atoms with E-state index in [-0.39, 0.29) is 23.7 Å². The average molecular weight is 495 g/mol. The molecule has 2 atom stereocenters. The zero-order valence-electron chi connectivity index (χ0n) is 18.9. The van der Waals surface area contributed by atoms with Crippen molar-refractivity contribution >= 4 is 15.7 Å². The van der Waals surface area contributed by atoms with Gasteiger partial charge >= 0.3 is 5.76 Å². The lowest BCUT2D eigenvalue weighted by Crippen LogP contribution is -2.52. The van der Waals surface area contributed by atoms with E-state index in [1.807, 2.05) is 25.3 Å². The molecule has 0 N–H and O–H groups in total. The Morgan fingerprint density at radius 2 is 1.94 bits per heavy atom. The Bertz CT molecular complexity index is 1090. The fraction of sp³-hybridized carbons (Fsp3) is 0.500. The maximum Gasteiger partial charge on any atom is 0.341 e. The van der Waals surface area contributed by atoms with Crippen molar-refractivity contribution in [3.8, 4) is 0 Å². The van der Waals surface area contributed by atoms with Gasteiger partial charge in [0.1, 0.15) is 0 Å². The molecule has 10 heteroatoms. The number of rotatable bonds is 6. The number of ether oxygens (including phenoxy) is 2. The third kappa shape index (κ3) is 5.13. The number of sulfone groups is 1. The minimum atomic E-state index is -4.69. The smallest absolute Gasteiger partial charge is 0.341 e. The zero-order valence-corrected chi connectivity index (χ0v) is 19.7. The number of aromatic nitrogens is 1. The first kappa shape index (κ1) is 24.7. The lowest BCUT2D eigenvalue weighted by atomic mass is 9.80. The van der Waals surface area contributed by atoms with Crippen LogP contribution in [0.1, 0.15) is 54.6 Å². The van der Waals surface area contributed by atoms with Gasteiger partial charge in [0.25, 0.3) is 5.91 Å². The maximum absolute atomic E-state index is 13.0. The normalized spacial score (nSPS) is 22.8. The number of hydrogen-bond acceptors (Lipinski definition) is 6.